The van der Waals surface area contributed by atoms with Crippen molar-refractivity contribution in [3.8, 4) is 5.75 Å². The summed E-state index contributed by atoms with van der Waals surface area (Å²) in [6.45, 7) is 6.39. The van der Waals surface area contributed by atoms with Gasteiger partial charge in [0.15, 0.2) is 4.80 Å². The summed E-state index contributed by atoms with van der Waals surface area (Å²) in [4.78, 5) is 29.6. The Balaban J connectivity index is 2.12. The molecule has 0 bridgehead atoms. The second-order valence-corrected chi connectivity index (χ2v) is 7.08. The van der Waals surface area contributed by atoms with Crippen LogP contribution in [-0.4, -0.2) is 29.7 Å². The largest absolute Gasteiger partial charge is 0.494 e. The molecule has 0 saturated heterocycles. The average Bonchev–Trinajstić information content (AvgIpc) is 2.99. The lowest BCUT2D eigenvalue weighted by molar-refractivity contribution is -0.143. The minimum Gasteiger partial charge on any atom is -0.494 e. The van der Waals surface area contributed by atoms with Gasteiger partial charge in [-0.2, -0.15) is 4.99 Å². The Morgan fingerprint density at radius 3 is 2.61 bits per heavy atom. The minimum absolute atomic E-state index is 0.0122. The number of benzene rings is 2. The third-order valence-corrected chi connectivity index (χ3v) is 5.17. The van der Waals surface area contributed by atoms with Crippen molar-refractivity contribution in [1.82, 2.24) is 4.57 Å². The van der Waals surface area contributed by atoms with Crippen LogP contribution in [0.4, 0.5) is 0 Å². The molecule has 1 aromatic heterocycles. The molecule has 0 spiro atoms. The van der Waals surface area contributed by atoms with Crippen molar-refractivity contribution in [2.75, 3.05) is 13.2 Å². The minimum atomic E-state index is -0.374. The van der Waals surface area contributed by atoms with Crippen LogP contribution in [0.3, 0.4) is 0 Å². The number of amides is 1. The number of hydrogen-bond donors (Lipinski definition) is 0. The zero-order chi connectivity index (χ0) is 20.1. The van der Waals surface area contributed by atoms with E-state index in [2.05, 4.69) is 4.99 Å². The molecule has 146 valence electrons. The number of thiazole rings is 1. The fourth-order valence-electron chi connectivity index (χ4n) is 2.84. The molecule has 7 heteroatoms. The van der Waals surface area contributed by atoms with Gasteiger partial charge in [0.25, 0.3) is 5.91 Å². The summed E-state index contributed by atoms with van der Waals surface area (Å²) in [6.07, 6.45) is 0. The summed E-state index contributed by atoms with van der Waals surface area (Å²) in [5.74, 6) is 0.0180. The lowest BCUT2D eigenvalue weighted by atomic mass is 10.1. The smallest absolute Gasteiger partial charge is 0.326 e. The van der Waals surface area contributed by atoms with E-state index in [1.807, 2.05) is 50.2 Å². The first-order chi connectivity index (χ1) is 13.5. The predicted molar refractivity (Wildman–Crippen MR) is 109 cm³/mol. The van der Waals surface area contributed by atoms with Crippen LogP contribution in [0.15, 0.2) is 47.5 Å². The Labute approximate surface area is 167 Å². The highest BCUT2D eigenvalue weighted by atomic mass is 32.1. The molecule has 0 unspecified atom stereocenters. The van der Waals surface area contributed by atoms with Crippen molar-refractivity contribution in [3.05, 3.63) is 58.4 Å². The summed E-state index contributed by atoms with van der Waals surface area (Å²) in [7, 11) is 0. The highest BCUT2D eigenvalue weighted by Gasteiger charge is 2.14. The van der Waals surface area contributed by atoms with E-state index in [0.717, 1.165) is 21.5 Å². The van der Waals surface area contributed by atoms with E-state index < -0.39 is 0 Å². The van der Waals surface area contributed by atoms with Gasteiger partial charge >= 0.3 is 5.97 Å². The van der Waals surface area contributed by atoms with Crippen molar-refractivity contribution in [3.63, 3.8) is 0 Å². The number of rotatable bonds is 6. The van der Waals surface area contributed by atoms with Crippen molar-refractivity contribution in [1.29, 1.82) is 0 Å². The molecule has 28 heavy (non-hydrogen) atoms. The van der Waals surface area contributed by atoms with Crippen LogP contribution in [0.5, 0.6) is 5.75 Å². The molecule has 3 aromatic rings. The number of ether oxygens (including phenoxy) is 2. The highest BCUT2D eigenvalue weighted by Crippen LogP contribution is 2.23. The topological polar surface area (TPSA) is 69.9 Å². The van der Waals surface area contributed by atoms with Crippen LogP contribution in [0.1, 0.15) is 29.8 Å². The molecular weight excluding hydrogens is 376 g/mol. The molecular formula is C21H22N2O4S. The van der Waals surface area contributed by atoms with Crippen LogP contribution in [0.2, 0.25) is 0 Å². The SMILES string of the molecule is CCOC(=O)Cn1c(=NC(=O)c2ccccc2C)sc2cc(OCC)ccc21. The maximum absolute atomic E-state index is 12.7. The van der Waals surface area contributed by atoms with Gasteiger partial charge in [0.1, 0.15) is 12.3 Å². The van der Waals surface area contributed by atoms with Crippen molar-refractivity contribution >= 4 is 33.4 Å². The van der Waals surface area contributed by atoms with Crippen LogP contribution in [-0.2, 0) is 16.1 Å². The molecule has 0 fully saturated rings. The summed E-state index contributed by atoms with van der Waals surface area (Å²) >= 11 is 1.34. The van der Waals surface area contributed by atoms with E-state index in [9.17, 15) is 9.59 Å². The number of aromatic nitrogens is 1. The lowest BCUT2D eigenvalue weighted by Gasteiger charge is -2.06. The number of esters is 1. The zero-order valence-corrected chi connectivity index (χ0v) is 16.9. The van der Waals surface area contributed by atoms with Crippen molar-refractivity contribution in [2.24, 2.45) is 4.99 Å². The number of fused-ring (bicyclic) bond motifs is 1. The number of nitrogens with zero attached hydrogens (tertiary/aromatic N) is 2. The second-order valence-electron chi connectivity index (χ2n) is 6.07. The van der Waals surface area contributed by atoms with Crippen LogP contribution in [0.25, 0.3) is 10.2 Å². The van der Waals surface area contributed by atoms with E-state index in [1.165, 1.54) is 11.3 Å². The summed E-state index contributed by atoms with van der Waals surface area (Å²) in [5.41, 5.74) is 2.20. The lowest BCUT2D eigenvalue weighted by Crippen LogP contribution is -2.23. The van der Waals surface area contributed by atoms with Gasteiger partial charge in [-0.05, 0) is 50.6 Å². The molecule has 6 nitrogen and oxygen atoms in total. The maximum atomic E-state index is 12.7. The first kappa shape index (κ1) is 19.8. The Morgan fingerprint density at radius 1 is 1.11 bits per heavy atom. The molecule has 0 radical (unpaired) electrons. The standard InChI is InChI=1S/C21H22N2O4S/c1-4-26-15-10-11-17-18(12-15)28-21(23(17)13-19(24)27-5-2)22-20(25)16-9-7-6-8-14(16)3/h6-12H,4-5,13H2,1-3H3. The van der Waals surface area contributed by atoms with Crippen LogP contribution >= 0.6 is 11.3 Å². The normalized spacial score (nSPS) is 11.6. The average molecular weight is 398 g/mol. The van der Waals surface area contributed by atoms with Gasteiger partial charge in [-0.25, -0.2) is 0 Å². The maximum Gasteiger partial charge on any atom is 0.326 e. The van der Waals surface area contributed by atoms with Gasteiger partial charge < -0.3 is 14.0 Å². The Morgan fingerprint density at radius 2 is 1.89 bits per heavy atom. The Bertz CT molecular complexity index is 1080. The van der Waals surface area contributed by atoms with Gasteiger partial charge in [0.2, 0.25) is 0 Å². The van der Waals surface area contributed by atoms with Gasteiger partial charge in [-0.1, -0.05) is 29.5 Å². The molecule has 0 N–H and O–H groups in total. The van der Waals surface area contributed by atoms with E-state index in [-0.39, 0.29) is 18.4 Å². The molecule has 0 aliphatic carbocycles. The first-order valence-corrected chi connectivity index (χ1v) is 9.91. The van der Waals surface area contributed by atoms with E-state index in [1.54, 1.807) is 17.6 Å². The highest BCUT2D eigenvalue weighted by molar-refractivity contribution is 7.16. The first-order valence-electron chi connectivity index (χ1n) is 9.10. The molecule has 2 aromatic carbocycles. The third-order valence-electron chi connectivity index (χ3n) is 4.13. The molecule has 0 atom stereocenters. The summed E-state index contributed by atoms with van der Waals surface area (Å²) in [6, 6.07) is 12.9. The van der Waals surface area contributed by atoms with Crippen LogP contribution in [0, 0.1) is 6.92 Å². The van der Waals surface area contributed by atoms with Crippen molar-refractivity contribution in [2.45, 2.75) is 27.3 Å². The predicted octanol–water partition coefficient (Wildman–Crippen LogP) is 3.71. The summed E-state index contributed by atoms with van der Waals surface area (Å²) < 4.78 is 13.2. The number of carbonyl (C=O) groups excluding carboxylic acids is 2. The van der Waals surface area contributed by atoms with E-state index >= 15 is 0 Å². The van der Waals surface area contributed by atoms with Gasteiger partial charge in [0.05, 0.1) is 23.4 Å². The number of aryl methyl sites for hydroxylation is 1. The quantitative estimate of drug-likeness (QED) is 0.594. The zero-order valence-electron chi connectivity index (χ0n) is 16.1. The fourth-order valence-corrected chi connectivity index (χ4v) is 3.90. The molecule has 1 heterocycles. The van der Waals surface area contributed by atoms with Gasteiger partial charge in [-0.15, -0.1) is 0 Å². The van der Waals surface area contributed by atoms with E-state index in [0.29, 0.717) is 23.6 Å². The number of hydrogen-bond acceptors (Lipinski definition) is 5. The van der Waals surface area contributed by atoms with Gasteiger partial charge in [0, 0.05) is 5.56 Å². The Kier molecular flexibility index (Phi) is 6.26. The molecule has 1 amide bonds. The molecule has 0 saturated carbocycles. The van der Waals surface area contributed by atoms with Crippen molar-refractivity contribution < 1.29 is 19.1 Å². The van der Waals surface area contributed by atoms with E-state index in [4.69, 9.17) is 9.47 Å². The monoisotopic (exact) mass is 398 g/mol. The second kappa shape index (κ2) is 8.84. The molecule has 0 aliphatic heterocycles. The van der Waals surface area contributed by atoms with Gasteiger partial charge in [-0.3, -0.25) is 9.59 Å². The fraction of sp³-hybridized carbons (Fsp3) is 0.286. The molecule has 0 aliphatic rings. The molecule has 3 rings (SSSR count). The summed E-state index contributed by atoms with van der Waals surface area (Å²) in [5, 5.41) is 0. The Hall–Kier alpha value is -2.93. The van der Waals surface area contributed by atoms with Crippen LogP contribution < -0.4 is 9.54 Å². The third kappa shape index (κ3) is 4.31. The number of carbonyl (C=O) groups is 2.